The van der Waals surface area contributed by atoms with Crippen molar-refractivity contribution < 1.29 is 17.6 Å². The molecule has 0 saturated carbocycles. The van der Waals surface area contributed by atoms with E-state index in [0.717, 1.165) is 0 Å². The summed E-state index contributed by atoms with van der Waals surface area (Å²) in [4.78, 5) is 18.9. The second kappa shape index (κ2) is 11.2. The van der Waals surface area contributed by atoms with Crippen molar-refractivity contribution in [2.45, 2.75) is 57.6 Å². The number of carbonyl (C=O) groups excluding carboxylic acids is 1. The van der Waals surface area contributed by atoms with E-state index in [-0.39, 0.29) is 29.1 Å². The number of hydrogen-bond donors (Lipinski definition) is 1. The fraction of sp³-hybridized carbons (Fsp3) is 0.385. The molecule has 196 valence electrons. The van der Waals surface area contributed by atoms with E-state index < -0.39 is 21.7 Å². The Morgan fingerprint density at radius 1 is 1.19 bits per heavy atom. The van der Waals surface area contributed by atoms with Crippen LogP contribution in [0.4, 0.5) is 4.39 Å². The van der Waals surface area contributed by atoms with Crippen molar-refractivity contribution in [1.82, 2.24) is 24.4 Å². The minimum Gasteiger partial charge on any atom is -0.304 e. The normalized spacial score (nSPS) is 11.8. The van der Waals surface area contributed by atoms with Gasteiger partial charge in [-0.3, -0.25) is 9.48 Å². The van der Waals surface area contributed by atoms with E-state index in [4.69, 9.17) is 0 Å². The van der Waals surface area contributed by atoms with E-state index in [2.05, 4.69) is 14.8 Å². The average Bonchev–Trinajstić information content (AvgIpc) is 3.24. The second-order valence-corrected chi connectivity index (χ2v) is 11.3. The maximum Gasteiger partial charge on any atom is 0.283 e. The molecule has 0 saturated heterocycles. The summed E-state index contributed by atoms with van der Waals surface area (Å²) in [6.45, 7) is 7.97. The topological polar surface area (TPSA) is 121 Å². The standard InChI is InChI=1S/C26H31FN6O3S/c1-16(2)22-10-19(27)11-23(18-7-8-29-20(9-18)14-28)24(22)13-25(34)31-37(35,36)26-12-21(15-32(5)6)33(30-26)17(3)4/h7-12,16-17H,13,15H2,1-6H3,(H,31,34). The molecule has 11 heteroatoms. The van der Waals surface area contributed by atoms with Crippen LogP contribution in [0.1, 0.15) is 62.2 Å². The maximum atomic E-state index is 14.6. The van der Waals surface area contributed by atoms with Crippen LogP contribution in [-0.2, 0) is 27.8 Å². The molecule has 0 bridgehead atoms. The largest absolute Gasteiger partial charge is 0.304 e. The van der Waals surface area contributed by atoms with Crippen molar-refractivity contribution in [2.24, 2.45) is 0 Å². The minimum atomic E-state index is -4.26. The van der Waals surface area contributed by atoms with Gasteiger partial charge in [0.1, 0.15) is 17.6 Å². The van der Waals surface area contributed by atoms with Gasteiger partial charge in [-0.1, -0.05) is 13.8 Å². The third-order valence-electron chi connectivity index (χ3n) is 5.68. The lowest BCUT2D eigenvalue weighted by Gasteiger charge is -2.18. The highest BCUT2D eigenvalue weighted by molar-refractivity contribution is 7.90. The summed E-state index contributed by atoms with van der Waals surface area (Å²) in [5.74, 6) is -1.43. The van der Waals surface area contributed by atoms with E-state index in [1.165, 1.54) is 30.5 Å². The van der Waals surface area contributed by atoms with Crippen LogP contribution < -0.4 is 4.72 Å². The van der Waals surface area contributed by atoms with Crippen molar-refractivity contribution in [3.8, 4) is 17.2 Å². The number of carbonyl (C=O) groups is 1. The van der Waals surface area contributed by atoms with E-state index in [9.17, 15) is 22.9 Å². The first-order valence-corrected chi connectivity index (χ1v) is 13.3. The van der Waals surface area contributed by atoms with Crippen LogP contribution in [0, 0.1) is 17.1 Å². The molecule has 0 aliphatic rings. The van der Waals surface area contributed by atoms with E-state index in [0.29, 0.717) is 34.5 Å². The Labute approximate surface area is 217 Å². The molecule has 0 atom stereocenters. The number of pyridine rings is 1. The molecule has 3 aromatic rings. The van der Waals surface area contributed by atoms with Crippen molar-refractivity contribution in [3.05, 3.63) is 64.9 Å². The number of hydrogen-bond acceptors (Lipinski definition) is 7. The van der Waals surface area contributed by atoms with Gasteiger partial charge in [-0.2, -0.15) is 18.8 Å². The highest BCUT2D eigenvalue weighted by atomic mass is 32.2. The number of aromatic nitrogens is 3. The number of nitrogens with zero attached hydrogens (tertiary/aromatic N) is 5. The molecule has 3 rings (SSSR count). The summed E-state index contributed by atoms with van der Waals surface area (Å²) in [6, 6.07) is 9.06. The summed E-state index contributed by atoms with van der Waals surface area (Å²) in [5.41, 5.74) is 2.77. The Balaban J connectivity index is 1.99. The van der Waals surface area contributed by atoms with Crippen LogP contribution >= 0.6 is 0 Å². The van der Waals surface area contributed by atoms with Gasteiger partial charge in [0.15, 0.2) is 5.03 Å². The number of benzene rings is 1. The van der Waals surface area contributed by atoms with Crippen molar-refractivity contribution in [3.63, 3.8) is 0 Å². The molecule has 2 aromatic heterocycles. The van der Waals surface area contributed by atoms with Crippen molar-refractivity contribution in [1.29, 1.82) is 5.26 Å². The zero-order valence-corrected chi connectivity index (χ0v) is 22.6. The van der Waals surface area contributed by atoms with Crippen LogP contribution in [0.15, 0.2) is 41.6 Å². The molecule has 2 heterocycles. The predicted molar refractivity (Wildman–Crippen MR) is 137 cm³/mol. The van der Waals surface area contributed by atoms with Crippen LogP contribution in [0.5, 0.6) is 0 Å². The Morgan fingerprint density at radius 2 is 1.89 bits per heavy atom. The predicted octanol–water partition coefficient (Wildman–Crippen LogP) is 3.77. The number of rotatable bonds is 9. The number of sulfonamides is 1. The van der Waals surface area contributed by atoms with Gasteiger partial charge in [0, 0.05) is 24.8 Å². The van der Waals surface area contributed by atoms with Gasteiger partial charge >= 0.3 is 0 Å². The maximum absolute atomic E-state index is 14.6. The van der Waals surface area contributed by atoms with Gasteiger partial charge in [-0.15, -0.1) is 0 Å². The molecule has 0 spiro atoms. The third kappa shape index (κ3) is 6.58. The van der Waals surface area contributed by atoms with Gasteiger partial charge in [0.05, 0.1) is 12.1 Å². The van der Waals surface area contributed by atoms with Gasteiger partial charge in [0.2, 0.25) is 5.91 Å². The summed E-state index contributed by atoms with van der Waals surface area (Å²) >= 11 is 0. The highest BCUT2D eigenvalue weighted by Crippen LogP contribution is 2.32. The number of amides is 1. The molecular formula is C26H31FN6O3S. The molecule has 1 N–H and O–H groups in total. The first kappa shape index (κ1) is 28.0. The lowest BCUT2D eigenvalue weighted by molar-refractivity contribution is -0.118. The van der Waals surface area contributed by atoms with Gasteiger partial charge in [0.25, 0.3) is 10.0 Å². The smallest absolute Gasteiger partial charge is 0.283 e. The molecule has 9 nitrogen and oxygen atoms in total. The minimum absolute atomic E-state index is 0.0800. The Hall–Kier alpha value is -3.62. The molecule has 1 aromatic carbocycles. The molecule has 1 amide bonds. The molecular weight excluding hydrogens is 495 g/mol. The lowest BCUT2D eigenvalue weighted by Crippen LogP contribution is -2.32. The highest BCUT2D eigenvalue weighted by Gasteiger charge is 2.26. The van der Waals surface area contributed by atoms with E-state index in [1.54, 1.807) is 10.7 Å². The first-order chi connectivity index (χ1) is 17.3. The summed E-state index contributed by atoms with van der Waals surface area (Å²) in [5, 5.41) is 13.2. The summed E-state index contributed by atoms with van der Waals surface area (Å²) < 4.78 is 44.5. The Morgan fingerprint density at radius 3 is 2.49 bits per heavy atom. The van der Waals surface area contributed by atoms with Crippen molar-refractivity contribution >= 4 is 15.9 Å². The van der Waals surface area contributed by atoms with E-state index in [1.807, 2.05) is 52.8 Å². The SMILES string of the molecule is CC(C)c1cc(F)cc(-c2ccnc(C#N)c2)c1CC(=O)NS(=O)(=O)c1cc(CN(C)C)n(C(C)C)n1. The summed E-state index contributed by atoms with van der Waals surface area (Å²) in [7, 11) is -0.530. The quantitative estimate of drug-likeness (QED) is 0.450. The van der Waals surface area contributed by atoms with Gasteiger partial charge in [-0.25, -0.2) is 14.1 Å². The molecule has 0 radical (unpaired) electrons. The fourth-order valence-corrected chi connectivity index (χ4v) is 5.08. The van der Waals surface area contributed by atoms with Crippen molar-refractivity contribution in [2.75, 3.05) is 14.1 Å². The molecule has 0 aliphatic heterocycles. The monoisotopic (exact) mass is 526 g/mol. The van der Waals surface area contributed by atoms with Crippen LogP contribution in [0.25, 0.3) is 11.1 Å². The lowest BCUT2D eigenvalue weighted by atomic mass is 9.88. The molecule has 37 heavy (non-hydrogen) atoms. The molecule has 0 fully saturated rings. The first-order valence-electron chi connectivity index (χ1n) is 11.8. The number of halogens is 1. The molecule has 0 aliphatic carbocycles. The van der Waals surface area contributed by atoms with Crippen LogP contribution in [0.2, 0.25) is 0 Å². The second-order valence-electron chi connectivity index (χ2n) is 9.67. The zero-order valence-electron chi connectivity index (χ0n) is 21.8. The number of nitrogens with one attached hydrogen (secondary N) is 1. The zero-order chi connectivity index (χ0) is 27.5. The van der Waals surface area contributed by atoms with Gasteiger partial charge < -0.3 is 4.90 Å². The Bertz CT molecular complexity index is 1460. The third-order valence-corrected chi connectivity index (χ3v) is 6.92. The fourth-order valence-electron chi connectivity index (χ4n) is 4.11. The van der Waals surface area contributed by atoms with Gasteiger partial charge in [-0.05, 0) is 80.4 Å². The van der Waals surface area contributed by atoms with Crippen LogP contribution in [0.3, 0.4) is 0 Å². The number of nitriles is 1. The van der Waals surface area contributed by atoms with Crippen LogP contribution in [-0.4, -0.2) is 48.1 Å². The Kier molecular flexibility index (Phi) is 8.46. The van der Waals surface area contributed by atoms with E-state index >= 15 is 0 Å². The summed E-state index contributed by atoms with van der Waals surface area (Å²) in [6.07, 6.45) is 1.11. The average molecular weight is 527 g/mol. The molecule has 0 unspecified atom stereocenters.